The first-order valence-corrected chi connectivity index (χ1v) is 11.1. The van der Waals surface area contributed by atoms with Gasteiger partial charge in [0.15, 0.2) is 6.61 Å². The Labute approximate surface area is 187 Å². The Bertz CT molecular complexity index is 1060. The fourth-order valence-corrected chi connectivity index (χ4v) is 5.33. The van der Waals surface area contributed by atoms with E-state index in [0.29, 0.717) is 17.9 Å². The highest BCUT2D eigenvalue weighted by Gasteiger charge is 2.57. The highest BCUT2D eigenvalue weighted by atomic mass is 35.5. The molecular weight excluding hydrogens is 443 g/mol. The summed E-state index contributed by atoms with van der Waals surface area (Å²) < 4.78 is 25.1. The Hall–Kier alpha value is -2.65. The van der Waals surface area contributed by atoms with Crippen molar-refractivity contribution in [3.05, 3.63) is 52.8 Å². The number of carbonyl (C=O) groups excluding carboxylic acids is 2. The van der Waals surface area contributed by atoms with Gasteiger partial charge in [0, 0.05) is 23.2 Å². The maximum absolute atomic E-state index is 13.5. The Morgan fingerprint density at radius 3 is 2.77 bits per heavy atom. The number of hydrogen-bond acceptors (Lipinski definition) is 6. The Morgan fingerprint density at radius 1 is 1.16 bits per heavy atom. The van der Waals surface area contributed by atoms with E-state index in [-0.39, 0.29) is 40.8 Å². The van der Waals surface area contributed by atoms with E-state index in [9.17, 15) is 14.0 Å². The predicted octanol–water partition coefficient (Wildman–Crippen LogP) is 3.73. The molecule has 31 heavy (non-hydrogen) atoms. The van der Waals surface area contributed by atoms with Crippen molar-refractivity contribution in [1.82, 2.24) is 10.6 Å². The summed E-state index contributed by atoms with van der Waals surface area (Å²) in [6.07, 6.45) is 2.34. The molecule has 162 valence electrons. The summed E-state index contributed by atoms with van der Waals surface area (Å²) in [5.74, 6) is -0.386. The topological polar surface area (TPSA) is 91.5 Å². The number of halogens is 2. The molecule has 3 aliphatic carbocycles. The van der Waals surface area contributed by atoms with Gasteiger partial charge in [-0.25, -0.2) is 4.39 Å². The van der Waals surface area contributed by atoms with Crippen molar-refractivity contribution in [2.24, 2.45) is 5.92 Å². The zero-order chi connectivity index (χ0) is 21.6. The second-order valence-corrected chi connectivity index (χ2v) is 9.23. The zero-order valence-corrected chi connectivity index (χ0v) is 17.9. The van der Waals surface area contributed by atoms with Crippen LogP contribution in [0.1, 0.15) is 29.6 Å². The van der Waals surface area contributed by atoms with Crippen molar-refractivity contribution in [3.8, 4) is 5.75 Å². The number of rotatable bonds is 6. The normalized spacial score (nSPS) is 25.0. The minimum Gasteiger partial charge on any atom is -0.484 e. The third-order valence-electron chi connectivity index (χ3n) is 6.07. The van der Waals surface area contributed by atoms with Crippen molar-refractivity contribution < 1.29 is 18.7 Å². The summed E-state index contributed by atoms with van der Waals surface area (Å²) >= 11 is 7.01. The molecule has 2 aromatic rings. The van der Waals surface area contributed by atoms with Crippen LogP contribution in [0, 0.1) is 11.7 Å². The number of benzene rings is 2. The van der Waals surface area contributed by atoms with Crippen LogP contribution >= 0.6 is 23.7 Å². The van der Waals surface area contributed by atoms with E-state index in [1.54, 1.807) is 6.07 Å². The predicted molar refractivity (Wildman–Crippen MR) is 118 cm³/mol. The molecule has 2 amide bonds. The van der Waals surface area contributed by atoms with Crippen LogP contribution in [0.2, 0.25) is 5.02 Å². The summed E-state index contributed by atoms with van der Waals surface area (Å²) in [5, 5.41) is 6.15. The second kappa shape index (κ2) is 7.80. The molecule has 0 spiro atoms. The number of amides is 2. The maximum atomic E-state index is 13.5. The lowest BCUT2D eigenvalue weighted by Gasteiger charge is -2.39. The summed E-state index contributed by atoms with van der Waals surface area (Å²) in [7, 11) is 0. The van der Waals surface area contributed by atoms with Crippen LogP contribution in [0.4, 0.5) is 15.8 Å². The molecule has 3 fully saturated rings. The molecule has 7 nitrogen and oxygen atoms in total. The van der Waals surface area contributed by atoms with E-state index in [2.05, 4.69) is 20.1 Å². The van der Waals surface area contributed by atoms with Gasteiger partial charge < -0.3 is 24.8 Å². The molecule has 6 rings (SSSR count). The minimum atomic E-state index is -0.594. The van der Waals surface area contributed by atoms with Crippen molar-refractivity contribution in [2.75, 3.05) is 16.1 Å². The van der Waals surface area contributed by atoms with Gasteiger partial charge >= 0.3 is 0 Å². The highest BCUT2D eigenvalue weighted by molar-refractivity contribution is 8.02. The largest absolute Gasteiger partial charge is 0.484 e. The van der Waals surface area contributed by atoms with Crippen LogP contribution < -0.4 is 24.8 Å². The Balaban J connectivity index is 1.13. The Morgan fingerprint density at radius 2 is 1.97 bits per heavy atom. The molecule has 2 aromatic carbocycles. The van der Waals surface area contributed by atoms with Gasteiger partial charge in [0.2, 0.25) is 0 Å². The molecule has 4 aliphatic rings. The number of ether oxygens (including phenoxy) is 1. The van der Waals surface area contributed by atoms with Crippen LogP contribution in [0.3, 0.4) is 0 Å². The number of fused-ring (bicyclic) bond motifs is 2. The molecule has 10 heteroatoms. The van der Waals surface area contributed by atoms with Crippen LogP contribution in [0.25, 0.3) is 0 Å². The van der Waals surface area contributed by atoms with E-state index in [0.717, 1.165) is 30.3 Å². The minimum absolute atomic E-state index is 0.00181. The number of carbonyl (C=O) groups is 2. The van der Waals surface area contributed by atoms with Crippen molar-refractivity contribution in [3.63, 3.8) is 0 Å². The third-order valence-corrected chi connectivity index (χ3v) is 7.02. The van der Waals surface area contributed by atoms with Crippen molar-refractivity contribution in [1.29, 1.82) is 0 Å². The summed E-state index contributed by atoms with van der Waals surface area (Å²) in [4.78, 5) is 25.0. The zero-order valence-electron chi connectivity index (χ0n) is 16.3. The molecule has 1 atom stereocenters. The van der Waals surface area contributed by atoms with Crippen molar-refractivity contribution >= 4 is 46.9 Å². The molecule has 2 bridgehead atoms. The van der Waals surface area contributed by atoms with Gasteiger partial charge in [0.25, 0.3) is 11.8 Å². The standard InChI is InChI=1S/C21H20ClFN4O3S/c22-14-3-2-13(6-15(14)23)30-10-19(28)25-21-7-12(8-21)18(9-21)24-20(29)11-1-4-16-17(5-11)27-31-26-16/h1-6,12,18,26-27H,7-10H2,(H,24,29)(H,25,28). The third kappa shape index (κ3) is 3.99. The first-order valence-electron chi connectivity index (χ1n) is 9.92. The molecule has 0 aromatic heterocycles. The van der Waals surface area contributed by atoms with E-state index < -0.39 is 5.82 Å². The summed E-state index contributed by atoms with van der Waals surface area (Å²) in [6, 6.07) is 9.57. The van der Waals surface area contributed by atoms with Gasteiger partial charge in [-0.3, -0.25) is 9.59 Å². The van der Waals surface area contributed by atoms with Gasteiger partial charge in [-0.2, -0.15) is 0 Å². The maximum Gasteiger partial charge on any atom is 0.258 e. The molecule has 3 saturated carbocycles. The van der Waals surface area contributed by atoms with Gasteiger partial charge in [0.1, 0.15) is 11.6 Å². The Kier molecular flexibility index (Phi) is 5.10. The van der Waals surface area contributed by atoms with Gasteiger partial charge in [-0.15, -0.1) is 0 Å². The first kappa shape index (κ1) is 20.3. The molecule has 1 aliphatic heterocycles. The lowest BCUT2D eigenvalue weighted by Crippen LogP contribution is -2.53. The van der Waals surface area contributed by atoms with E-state index in [1.807, 2.05) is 12.1 Å². The van der Waals surface area contributed by atoms with Crippen LogP contribution in [-0.2, 0) is 4.79 Å². The van der Waals surface area contributed by atoms with Gasteiger partial charge in [0.05, 0.1) is 28.5 Å². The fourth-order valence-electron chi connectivity index (χ4n) is 4.60. The fraction of sp³-hybridized carbons (Fsp3) is 0.333. The SMILES string of the molecule is O=C(COc1ccc(Cl)c(F)c1)NC12CC(C1)C(NC(=O)c1ccc3c(c1)NSN3)C2. The smallest absolute Gasteiger partial charge is 0.258 e. The summed E-state index contributed by atoms with van der Waals surface area (Å²) in [6.45, 7) is -0.210. The molecular formula is C21H20ClFN4O3S. The average molecular weight is 463 g/mol. The second-order valence-electron chi connectivity index (χ2n) is 8.21. The summed E-state index contributed by atoms with van der Waals surface area (Å²) in [5.41, 5.74) is 2.13. The van der Waals surface area contributed by atoms with Crippen LogP contribution in [0.5, 0.6) is 5.75 Å². The number of nitrogens with one attached hydrogen (secondary N) is 4. The van der Waals surface area contributed by atoms with E-state index >= 15 is 0 Å². The quantitative estimate of drug-likeness (QED) is 0.489. The van der Waals surface area contributed by atoms with Gasteiger partial charge in [-0.1, -0.05) is 11.6 Å². The lowest BCUT2D eigenvalue weighted by atomic mass is 9.76. The van der Waals surface area contributed by atoms with E-state index in [4.69, 9.17) is 16.3 Å². The van der Waals surface area contributed by atoms with Crippen LogP contribution in [0.15, 0.2) is 36.4 Å². The van der Waals surface area contributed by atoms with Crippen molar-refractivity contribution in [2.45, 2.75) is 30.8 Å². The number of hydrogen-bond donors (Lipinski definition) is 4. The van der Waals surface area contributed by atoms with E-state index in [1.165, 1.54) is 24.3 Å². The molecule has 1 unspecified atom stereocenters. The lowest BCUT2D eigenvalue weighted by molar-refractivity contribution is -0.125. The molecule has 0 radical (unpaired) electrons. The average Bonchev–Trinajstić information content (AvgIpc) is 3.40. The molecule has 4 N–H and O–H groups in total. The molecule has 1 heterocycles. The molecule has 0 saturated heterocycles. The monoisotopic (exact) mass is 462 g/mol. The first-order chi connectivity index (χ1) is 14.9. The van der Waals surface area contributed by atoms with Crippen LogP contribution in [-0.4, -0.2) is 30.0 Å². The highest BCUT2D eigenvalue weighted by Crippen LogP contribution is 2.52. The van der Waals surface area contributed by atoms with Gasteiger partial charge in [-0.05, 0) is 55.5 Å². The number of anilines is 2.